The van der Waals surface area contributed by atoms with Gasteiger partial charge in [-0.25, -0.2) is 4.39 Å². The van der Waals surface area contributed by atoms with Gasteiger partial charge in [-0.15, -0.1) is 10.2 Å². The Bertz CT molecular complexity index is 946. The maximum Gasteiger partial charge on any atom is 0.246 e. The van der Waals surface area contributed by atoms with Crippen LogP contribution in [-0.2, 0) is 24.9 Å². The molecular formula is C17H17FN6O. The Kier molecular flexibility index (Phi) is 3.60. The van der Waals surface area contributed by atoms with Gasteiger partial charge in [0.1, 0.15) is 11.9 Å². The lowest BCUT2D eigenvalue weighted by molar-refractivity contribution is -0.137. The van der Waals surface area contributed by atoms with Crippen molar-refractivity contribution in [1.29, 1.82) is 0 Å². The van der Waals surface area contributed by atoms with Crippen molar-refractivity contribution >= 4 is 5.91 Å². The monoisotopic (exact) mass is 340 g/mol. The second kappa shape index (κ2) is 5.80. The summed E-state index contributed by atoms with van der Waals surface area (Å²) < 4.78 is 16.9. The van der Waals surface area contributed by atoms with Crippen LogP contribution < -0.4 is 0 Å². The number of hydrogen-bond donors (Lipinski definition) is 0. The summed E-state index contributed by atoms with van der Waals surface area (Å²) >= 11 is 0. The van der Waals surface area contributed by atoms with Gasteiger partial charge in [-0.05, 0) is 24.6 Å². The van der Waals surface area contributed by atoms with Crippen LogP contribution in [0.1, 0.15) is 24.4 Å². The third-order valence-corrected chi connectivity index (χ3v) is 4.38. The molecular weight excluding hydrogens is 323 g/mol. The number of nitrogens with zero attached hydrogens (tertiary/aromatic N) is 6. The van der Waals surface area contributed by atoms with E-state index in [9.17, 15) is 9.18 Å². The highest BCUT2D eigenvalue weighted by atomic mass is 19.1. The zero-order valence-electron chi connectivity index (χ0n) is 13.9. The van der Waals surface area contributed by atoms with E-state index < -0.39 is 6.04 Å². The topological polar surface area (TPSA) is 68.8 Å². The number of benzene rings is 1. The van der Waals surface area contributed by atoms with Crippen LogP contribution in [-0.4, -0.2) is 35.4 Å². The molecule has 4 rings (SSSR count). The van der Waals surface area contributed by atoms with E-state index in [1.165, 1.54) is 12.1 Å². The van der Waals surface area contributed by atoms with Crippen molar-refractivity contribution < 1.29 is 9.18 Å². The number of aromatic nitrogens is 5. The number of aryl methyl sites for hydroxylation is 1. The van der Waals surface area contributed by atoms with Gasteiger partial charge in [-0.2, -0.15) is 5.10 Å². The molecule has 3 heterocycles. The second-order valence-corrected chi connectivity index (χ2v) is 6.21. The van der Waals surface area contributed by atoms with Gasteiger partial charge >= 0.3 is 0 Å². The lowest BCUT2D eigenvalue weighted by atomic mass is 10.1. The first-order valence-electron chi connectivity index (χ1n) is 7.99. The summed E-state index contributed by atoms with van der Waals surface area (Å²) in [7, 11) is 1.83. The first-order valence-corrected chi connectivity index (χ1v) is 7.99. The zero-order chi connectivity index (χ0) is 17.6. The number of carbonyl (C=O) groups is 1. The minimum atomic E-state index is -0.428. The number of rotatable bonds is 3. The Morgan fingerprint density at radius 2 is 2.16 bits per heavy atom. The fourth-order valence-electron chi connectivity index (χ4n) is 3.18. The van der Waals surface area contributed by atoms with E-state index in [0.29, 0.717) is 24.7 Å². The molecule has 0 bridgehead atoms. The fourth-order valence-corrected chi connectivity index (χ4v) is 3.18. The molecule has 1 amide bonds. The molecule has 1 aliphatic heterocycles. The molecule has 0 spiro atoms. The van der Waals surface area contributed by atoms with Crippen molar-refractivity contribution in [2.45, 2.75) is 26.1 Å². The average Bonchev–Trinajstić information content (AvgIpc) is 3.18. The normalized spacial score (nSPS) is 17.0. The first-order chi connectivity index (χ1) is 12.0. The van der Waals surface area contributed by atoms with Crippen LogP contribution in [0.5, 0.6) is 0 Å². The quantitative estimate of drug-likeness (QED) is 0.730. The van der Waals surface area contributed by atoms with Crippen LogP contribution in [0, 0.1) is 5.82 Å². The van der Waals surface area contributed by atoms with Crippen LogP contribution in [0.3, 0.4) is 0 Å². The molecule has 0 aliphatic carbocycles. The molecule has 0 unspecified atom stereocenters. The van der Waals surface area contributed by atoms with Gasteiger partial charge in [0.25, 0.3) is 0 Å². The molecule has 0 radical (unpaired) electrons. The van der Waals surface area contributed by atoms with Crippen molar-refractivity contribution in [1.82, 2.24) is 29.4 Å². The number of halogens is 1. The summed E-state index contributed by atoms with van der Waals surface area (Å²) in [5, 5.41) is 12.6. The summed E-state index contributed by atoms with van der Waals surface area (Å²) in [5.41, 5.74) is 1.57. The minimum Gasteiger partial charge on any atom is -0.329 e. The summed E-state index contributed by atoms with van der Waals surface area (Å²) in [6.45, 7) is 2.51. The summed E-state index contributed by atoms with van der Waals surface area (Å²) in [6.07, 6.45) is 3.54. The summed E-state index contributed by atoms with van der Waals surface area (Å²) in [4.78, 5) is 14.5. The van der Waals surface area contributed by atoms with Gasteiger partial charge in [0.05, 0.1) is 18.3 Å². The van der Waals surface area contributed by atoms with E-state index in [2.05, 4.69) is 15.3 Å². The number of fused-ring (bicyclic) bond motifs is 1. The Hall–Kier alpha value is -3.03. The van der Waals surface area contributed by atoms with E-state index in [-0.39, 0.29) is 11.7 Å². The molecule has 25 heavy (non-hydrogen) atoms. The van der Waals surface area contributed by atoms with Gasteiger partial charge in [-0.1, -0.05) is 12.1 Å². The molecule has 0 saturated heterocycles. The standard InChI is InChI=1S/C17H17FN6O/c1-11-17(25)23(8-12-4-3-5-14(18)6-12)10-15-20-21-16(24(11)15)13-7-19-22(2)9-13/h3-7,9,11H,8,10H2,1-2H3/t11-/m0/s1. The lowest BCUT2D eigenvalue weighted by Gasteiger charge is -2.32. The minimum absolute atomic E-state index is 0.0401. The van der Waals surface area contributed by atoms with Gasteiger partial charge in [0.2, 0.25) is 5.91 Å². The smallest absolute Gasteiger partial charge is 0.246 e. The maximum atomic E-state index is 13.4. The van der Waals surface area contributed by atoms with Crippen molar-refractivity contribution in [2.24, 2.45) is 7.05 Å². The van der Waals surface area contributed by atoms with E-state index in [1.807, 2.05) is 24.7 Å². The number of amides is 1. The Labute approximate surface area is 143 Å². The highest BCUT2D eigenvalue weighted by molar-refractivity contribution is 5.82. The fraction of sp³-hybridized carbons (Fsp3) is 0.294. The number of carbonyl (C=O) groups excluding carboxylic acids is 1. The van der Waals surface area contributed by atoms with Crippen LogP contribution in [0.2, 0.25) is 0 Å². The van der Waals surface area contributed by atoms with Gasteiger partial charge < -0.3 is 4.90 Å². The van der Waals surface area contributed by atoms with Crippen LogP contribution in [0.15, 0.2) is 36.7 Å². The first kappa shape index (κ1) is 15.5. The van der Waals surface area contributed by atoms with E-state index >= 15 is 0 Å². The average molecular weight is 340 g/mol. The molecule has 0 saturated carbocycles. The van der Waals surface area contributed by atoms with Crippen molar-refractivity contribution in [2.75, 3.05) is 0 Å². The van der Waals surface area contributed by atoms with Crippen LogP contribution in [0.4, 0.5) is 4.39 Å². The van der Waals surface area contributed by atoms with Gasteiger partial charge in [-0.3, -0.25) is 14.0 Å². The molecule has 3 aromatic rings. The van der Waals surface area contributed by atoms with E-state index in [1.54, 1.807) is 27.9 Å². The largest absolute Gasteiger partial charge is 0.329 e. The number of hydrogen-bond acceptors (Lipinski definition) is 4. The van der Waals surface area contributed by atoms with E-state index in [4.69, 9.17) is 0 Å². The van der Waals surface area contributed by atoms with Crippen LogP contribution >= 0.6 is 0 Å². The summed E-state index contributed by atoms with van der Waals surface area (Å²) in [5.74, 6) is 0.996. The SMILES string of the molecule is C[C@H]1C(=O)N(Cc2cccc(F)c2)Cc2nnc(-c3cnn(C)c3)n21. The molecule has 1 aliphatic rings. The van der Waals surface area contributed by atoms with Crippen molar-refractivity contribution in [3.63, 3.8) is 0 Å². The highest BCUT2D eigenvalue weighted by Crippen LogP contribution is 2.28. The molecule has 0 N–H and O–H groups in total. The molecule has 1 aromatic carbocycles. The third-order valence-electron chi connectivity index (χ3n) is 4.38. The highest BCUT2D eigenvalue weighted by Gasteiger charge is 2.33. The van der Waals surface area contributed by atoms with Gasteiger partial charge in [0.15, 0.2) is 11.6 Å². The molecule has 7 nitrogen and oxygen atoms in total. The molecule has 0 fully saturated rings. The van der Waals surface area contributed by atoms with E-state index in [0.717, 1.165) is 11.1 Å². The van der Waals surface area contributed by atoms with Crippen LogP contribution in [0.25, 0.3) is 11.4 Å². The Morgan fingerprint density at radius 3 is 2.88 bits per heavy atom. The predicted octanol–water partition coefficient (Wildman–Crippen LogP) is 1.92. The second-order valence-electron chi connectivity index (χ2n) is 6.21. The Balaban J connectivity index is 1.65. The van der Waals surface area contributed by atoms with Crippen molar-refractivity contribution in [3.8, 4) is 11.4 Å². The predicted molar refractivity (Wildman–Crippen MR) is 87.6 cm³/mol. The lowest BCUT2D eigenvalue weighted by Crippen LogP contribution is -2.41. The Morgan fingerprint density at radius 1 is 1.32 bits per heavy atom. The molecule has 128 valence electrons. The molecule has 1 atom stereocenters. The maximum absolute atomic E-state index is 13.4. The van der Waals surface area contributed by atoms with Crippen molar-refractivity contribution in [3.05, 3.63) is 53.9 Å². The third kappa shape index (κ3) is 2.69. The zero-order valence-corrected chi connectivity index (χ0v) is 13.9. The molecule has 2 aromatic heterocycles. The summed E-state index contributed by atoms with van der Waals surface area (Å²) in [6, 6.07) is 5.86. The molecule has 8 heteroatoms. The van der Waals surface area contributed by atoms with Gasteiger partial charge in [0, 0.05) is 19.8 Å².